The SMILES string of the molecule is O=C(O)C1CCS(=O)(=O)CC1C1CC1. The molecule has 80 valence electrons. The van der Waals surface area contributed by atoms with Crippen molar-refractivity contribution < 1.29 is 18.3 Å². The lowest BCUT2D eigenvalue weighted by molar-refractivity contribution is -0.143. The molecular formula is C9H14O4S. The molecule has 1 heterocycles. The lowest BCUT2D eigenvalue weighted by atomic mass is 9.87. The van der Waals surface area contributed by atoms with E-state index in [2.05, 4.69) is 0 Å². The van der Waals surface area contributed by atoms with Gasteiger partial charge in [-0.15, -0.1) is 0 Å². The maximum atomic E-state index is 11.4. The van der Waals surface area contributed by atoms with Crippen LogP contribution in [0.4, 0.5) is 0 Å². The molecular weight excluding hydrogens is 204 g/mol. The highest BCUT2D eigenvalue weighted by molar-refractivity contribution is 7.91. The molecule has 0 radical (unpaired) electrons. The van der Waals surface area contributed by atoms with Crippen LogP contribution < -0.4 is 0 Å². The summed E-state index contributed by atoms with van der Waals surface area (Å²) in [5.74, 6) is -0.873. The summed E-state index contributed by atoms with van der Waals surface area (Å²) in [6, 6.07) is 0. The van der Waals surface area contributed by atoms with Crippen molar-refractivity contribution in [2.75, 3.05) is 11.5 Å². The van der Waals surface area contributed by atoms with Crippen molar-refractivity contribution in [3.63, 3.8) is 0 Å². The van der Waals surface area contributed by atoms with E-state index in [-0.39, 0.29) is 17.4 Å². The smallest absolute Gasteiger partial charge is 0.306 e. The van der Waals surface area contributed by atoms with Gasteiger partial charge in [-0.05, 0) is 31.1 Å². The third-order valence-electron chi connectivity index (χ3n) is 3.25. The summed E-state index contributed by atoms with van der Waals surface area (Å²) < 4.78 is 22.7. The fourth-order valence-corrected chi connectivity index (χ4v) is 4.18. The average Bonchev–Trinajstić information content (AvgIpc) is 2.83. The summed E-state index contributed by atoms with van der Waals surface area (Å²) in [4.78, 5) is 10.9. The monoisotopic (exact) mass is 218 g/mol. The zero-order valence-corrected chi connectivity index (χ0v) is 8.66. The summed E-state index contributed by atoms with van der Waals surface area (Å²) >= 11 is 0. The first-order chi connectivity index (χ1) is 6.49. The van der Waals surface area contributed by atoms with E-state index in [4.69, 9.17) is 5.11 Å². The van der Waals surface area contributed by atoms with Crippen molar-refractivity contribution >= 4 is 15.8 Å². The molecule has 14 heavy (non-hydrogen) atoms. The van der Waals surface area contributed by atoms with E-state index < -0.39 is 21.7 Å². The minimum absolute atomic E-state index is 0.0488. The van der Waals surface area contributed by atoms with Gasteiger partial charge in [0.2, 0.25) is 0 Å². The Morgan fingerprint density at radius 1 is 1.21 bits per heavy atom. The molecule has 5 heteroatoms. The molecule has 0 amide bonds. The molecule has 0 aromatic carbocycles. The van der Waals surface area contributed by atoms with E-state index in [0.29, 0.717) is 12.3 Å². The predicted molar refractivity (Wildman–Crippen MR) is 50.6 cm³/mol. The molecule has 1 aliphatic carbocycles. The van der Waals surface area contributed by atoms with Crippen molar-refractivity contribution in [3.8, 4) is 0 Å². The number of sulfone groups is 1. The molecule has 2 unspecified atom stereocenters. The zero-order chi connectivity index (χ0) is 10.3. The number of aliphatic carboxylic acids is 1. The second-order valence-corrected chi connectivity index (χ2v) is 6.58. The lowest BCUT2D eigenvalue weighted by Gasteiger charge is -2.28. The maximum absolute atomic E-state index is 11.4. The first kappa shape index (κ1) is 9.96. The number of carboxylic acid groups (broad SMARTS) is 1. The third kappa shape index (κ3) is 1.92. The second-order valence-electron chi connectivity index (χ2n) is 4.35. The van der Waals surface area contributed by atoms with Crippen LogP contribution in [0, 0.1) is 17.8 Å². The van der Waals surface area contributed by atoms with Gasteiger partial charge < -0.3 is 5.11 Å². The largest absolute Gasteiger partial charge is 0.481 e. The summed E-state index contributed by atoms with van der Waals surface area (Å²) in [7, 11) is -2.97. The third-order valence-corrected chi connectivity index (χ3v) is 5.00. The van der Waals surface area contributed by atoms with Crippen LogP contribution in [0.5, 0.6) is 0 Å². The van der Waals surface area contributed by atoms with Crippen molar-refractivity contribution in [2.45, 2.75) is 19.3 Å². The van der Waals surface area contributed by atoms with Crippen LogP contribution in [0.1, 0.15) is 19.3 Å². The van der Waals surface area contributed by atoms with Crippen LogP contribution in [0.15, 0.2) is 0 Å². The van der Waals surface area contributed by atoms with Crippen molar-refractivity contribution in [2.24, 2.45) is 17.8 Å². The van der Waals surface area contributed by atoms with Crippen LogP contribution in [0.2, 0.25) is 0 Å². The van der Waals surface area contributed by atoms with Gasteiger partial charge in [0.1, 0.15) is 0 Å². The number of hydrogen-bond acceptors (Lipinski definition) is 3. The van der Waals surface area contributed by atoms with Gasteiger partial charge in [-0.25, -0.2) is 8.42 Å². The topological polar surface area (TPSA) is 71.4 Å². The first-order valence-electron chi connectivity index (χ1n) is 4.93. The molecule has 4 nitrogen and oxygen atoms in total. The van der Waals surface area contributed by atoms with E-state index in [1.165, 1.54) is 0 Å². The van der Waals surface area contributed by atoms with Gasteiger partial charge in [0.15, 0.2) is 9.84 Å². The molecule has 1 aliphatic heterocycles. The molecule has 0 aromatic heterocycles. The van der Waals surface area contributed by atoms with Gasteiger partial charge in [-0.1, -0.05) is 0 Å². The van der Waals surface area contributed by atoms with Crippen LogP contribution in [0.25, 0.3) is 0 Å². The summed E-state index contributed by atoms with van der Waals surface area (Å²) in [6.07, 6.45) is 2.31. The molecule has 2 fully saturated rings. The minimum atomic E-state index is -2.97. The standard InChI is InChI=1S/C9H14O4S/c10-9(11)7-3-4-14(12,13)5-8(7)6-1-2-6/h6-8H,1-5H2,(H,10,11). The van der Waals surface area contributed by atoms with Gasteiger partial charge in [0.25, 0.3) is 0 Å². The molecule has 1 N–H and O–H groups in total. The number of rotatable bonds is 2. The van der Waals surface area contributed by atoms with Gasteiger partial charge in [0.05, 0.1) is 17.4 Å². The number of hydrogen-bond donors (Lipinski definition) is 1. The van der Waals surface area contributed by atoms with Crippen molar-refractivity contribution in [1.29, 1.82) is 0 Å². The Labute approximate surface area is 83.2 Å². The molecule has 2 rings (SSSR count). The second kappa shape index (κ2) is 3.22. The van der Waals surface area contributed by atoms with E-state index in [0.717, 1.165) is 12.8 Å². The highest BCUT2D eigenvalue weighted by atomic mass is 32.2. The van der Waals surface area contributed by atoms with Crippen LogP contribution in [-0.2, 0) is 14.6 Å². The van der Waals surface area contributed by atoms with E-state index in [1.54, 1.807) is 0 Å². The minimum Gasteiger partial charge on any atom is -0.481 e. The quantitative estimate of drug-likeness (QED) is 0.734. The highest BCUT2D eigenvalue weighted by Gasteiger charge is 2.45. The molecule has 2 aliphatic rings. The fraction of sp³-hybridized carbons (Fsp3) is 0.889. The number of carbonyl (C=O) groups is 1. The van der Waals surface area contributed by atoms with Crippen LogP contribution in [0.3, 0.4) is 0 Å². The summed E-state index contributed by atoms with van der Waals surface area (Å²) in [5, 5.41) is 8.96. The van der Waals surface area contributed by atoms with E-state index in [1.807, 2.05) is 0 Å². The average molecular weight is 218 g/mol. The van der Waals surface area contributed by atoms with Gasteiger partial charge in [-0.2, -0.15) is 0 Å². The van der Waals surface area contributed by atoms with Gasteiger partial charge in [0, 0.05) is 0 Å². The fourth-order valence-electron chi connectivity index (χ4n) is 2.31. The molecule has 0 spiro atoms. The van der Waals surface area contributed by atoms with Gasteiger partial charge in [-0.3, -0.25) is 4.79 Å². The Morgan fingerprint density at radius 2 is 1.86 bits per heavy atom. The van der Waals surface area contributed by atoms with Crippen molar-refractivity contribution in [1.82, 2.24) is 0 Å². The Kier molecular flexibility index (Phi) is 2.29. The molecule has 2 atom stereocenters. The Hall–Kier alpha value is -0.580. The van der Waals surface area contributed by atoms with Crippen molar-refractivity contribution in [3.05, 3.63) is 0 Å². The molecule has 0 aromatic rings. The first-order valence-corrected chi connectivity index (χ1v) is 6.75. The van der Waals surface area contributed by atoms with E-state index in [9.17, 15) is 13.2 Å². The van der Waals surface area contributed by atoms with Gasteiger partial charge >= 0.3 is 5.97 Å². The molecule has 1 saturated carbocycles. The van der Waals surface area contributed by atoms with E-state index >= 15 is 0 Å². The van der Waals surface area contributed by atoms with Crippen LogP contribution >= 0.6 is 0 Å². The summed E-state index contributed by atoms with van der Waals surface area (Å²) in [5.41, 5.74) is 0. The number of carboxylic acids is 1. The Morgan fingerprint density at radius 3 is 2.36 bits per heavy atom. The summed E-state index contributed by atoms with van der Waals surface area (Å²) in [6.45, 7) is 0. The maximum Gasteiger partial charge on any atom is 0.306 e. The zero-order valence-electron chi connectivity index (χ0n) is 7.85. The molecule has 1 saturated heterocycles. The molecule has 0 bridgehead atoms. The Bertz CT molecular complexity index is 342. The highest BCUT2D eigenvalue weighted by Crippen LogP contribution is 2.44. The predicted octanol–water partition coefficient (Wildman–Crippen LogP) is 0.532. The Balaban J connectivity index is 2.16. The lowest BCUT2D eigenvalue weighted by Crippen LogP contribution is -2.38. The normalized spacial score (nSPS) is 36.6. The van der Waals surface area contributed by atoms with Crippen LogP contribution in [-0.4, -0.2) is 31.0 Å².